The fraction of sp³-hybridized carbons (Fsp3) is 0.647. The summed E-state index contributed by atoms with van der Waals surface area (Å²) in [7, 11) is -0.962. The average Bonchev–Trinajstić information content (AvgIpc) is 3.01. The Balaban J connectivity index is 2.24. The van der Waals surface area contributed by atoms with E-state index in [-0.39, 0.29) is 11.8 Å². The van der Waals surface area contributed by atoms with Gasteiger partial charge in [0.05, 0.1) is 23.9 Å². The fourth-order valence-electron chi connectivity index (χ4n) is 2.30. The van der Waals surface area contributed by atoms with Gasteiger partial charge in [0.2, 0.25) is 0 Å². The van der Waals surface area contributed by atoms with Crippen molar-refractivity contribution in [1.82, 2.24) is 0 Å². The van der Waals surface area contributed by atoms with Crippen molar-refractivity contribution >= 4 is 24.0 Å². The second-order valence-corrected chi connectivity index (χ2v) is 8.01. The SMILES string of the molecule is CC(C)OCCC(=C(F)B1OC(C)(C)C(C)(C)O1)c1cccs1. The lowest BCUT2D eigenvalue weighted by Crippen LogP contribution is -2.41. The van der Waals surface area contributed by atoms with Crippen molar-refractivity contribution in [1.29, 1.82) is 0 Å². The molecule has 0 aliphatic carbocycles. The molecule has 2 rings (SSSR count). The molecule has 3 nitrogen and oxygen atoms in total. The molecule has 2 heterocycles. The summed E-state index contributed by atoms with van der Waals surface area (Å²) in [6.07, 6.45) is 0.619. The number of hydrogen-bond acceptors (Lipinski definition) is 4. The standard InChI is InChI=1S/C17H26BFO3S/c1-12(2)20-10-9-13(14-8-7-11-23-14)15(19)18-21-16(3,4)17(5,6)22-18/h7-8,11-12H,9-10H2,1-6H3. The first kappa shape index (κ1) is 18.7. The summed E-state index contributed by atoms with van der Waals surface area (Å²) in [5.41, 5.74) is -0.842. The van der Waals surface area contributed by atoms with Crippen molar-refractivity contribution in [2.24, 2.45) is 0 Å². The largest absolute Gasteiger partial charge is 0.525 e. The Morgan fingerprint density at radius 1 is 1.26 bits per heavy atom. The van der Waals surface area contributed by atoms with Crippen LogP contribution in [0.15, 0.2) is 23.2 Å². The molecule has 6 heteroatoms. The van der Waals surface area contributed by atoms with Gasteiger partial charge in [0, 0.05) is 4.88 Å². The molecule has 128 valence electrons. The highest BCUT2D eigenvalue weighted by atomic mass is 32.1. The molecule has 0 spiro atoms. The van der Waals surface area contributed by atoms with Crippen molar-refractivity contribution < 1.29 is 18.4 Å². The number of hydrogen-bond donors (Lipinski definition) is 0. The highest BCUT2D eigenvalue weighted by molar-refractivity contribution is 7.11. The Kier molecular flexibility index (Phi) is 5.72. The van der Waals surface area contributed by atoms with Gasteiger partial charge in [-0.3, -0.25) is 0 Å². The first-order valence-electron chi connectivity index (χ1n) is 8.04. The molecule has 1 aromatic rings. The molecular formula is C17H26BFO3S. The van der Waals surface area contributed by atoms with Crippen molar-refractivity contribution in [3.05, 3.63) is 28.1 Å². The minimum Gasteiger partial charge on any atom is -0.398 e. The zero-order valence-electron chi connectivity index (χ0n) is 14.8. The topological polar surface area (TPSA) is 27.7 Å². The van der Waals surface area contributed by atoms with Crippen LogP contribution < -0.4 is 0 Å². The Labute approximate surface area is 143 Å². The van der Waals surface area contributed by atoms with Crippen LogP contribution in [0.4, 0.5) is 4.39 Å². The third-order valence-corrected chi connectivity index (χ3v) is 5.30. The van der Waals surface area contributed by atoms with Gasteiger partial charge in [0.1, 0.15) is 5.73 Å². The number of ether oxygens (including phenoxy) is 1. The molecule has 0 radical (unpaired) electrons. The fourth-order valence-corrected chi connectivity index (χ4v) is 3.10. The van der Waals surface area contributed by atoms with Gasteiger partial charge in [-0.15, -0.1) is 11.3 Å². The minimum atomic E-state index is -0.962. The highest BCUT2D eigenvalue weighted by Crippen LogP contribution is 2.41. The minimum absolute atomic E-state index is 0.125. The third kappa shape index (κ3) is 4.24. The van der Waals surface area contributed by atoms with Gasteiger partial charge < -0.3 is 14.0 Å². The first-order valence-corrected chi connectivity index (χ1v) is 8.91. The molecule has 1 saturated heterocycles. The second kappa shape index (κ2) is 7.05. The number of rotatable bonds is 6. The van der Waals surface area contributed by atoms with Crippen molar-refractivity contribution in [2.45, 2.75) is 65.3 Å². The Morgan fingerprint density at radius 3 is 2.35 bits per heavy atom. The maximum Gasteiger partial charge on any atom is 0.525 e. The predicted molar refractivity (Wildman–Crippen MR) is 94.1 cm³/mol. The van der Waals surface area contributed by atoms with Crippen LogP contribution in [0.5, 0.6) is 0 Å². The summed E-state index contributed by atoms with van der Waals surface area (Å²) in [6, 6.07) is 3.83. The third-order valence-electron chi connectivity index (χ3n) is 4.37. The molecule has 1 aromatic heterocycles. The molecule has 0 aromatic carbocycles. The van der Waals surface area contributed by atoms with E-state index >= 15 is 4.39 Å². The predicted octanol–water partition coefficient (Wildman–Crippen LogP) is 4.88. The second-order valence-electron chi connectivity index (χ2n) is 7.06. The molecular weight excluding hydrogens is 314 g/mol. The first-order chi connectivity index (χ1) is 10.6. The summed E-state index contributed by atoms with van der Waals surface area (Å²) in [4.78, 5) is 0.893. The van der Waals surface area contributed by atoms with E-state index < -0.39 is 18.3 Å². The maximum absolute atomic E-state index is 15.1. The molecule has 1 aliphatic rings. The lowest BCUT2D eigenvalue weighted by atomic mass is 9.83. The van der Waals surface area contributed by atoms with E-state index in [1.165, 1.54) is 11.3 Å². The van der Waals surface area contributed by atoms with Crippen LogP contribution in [0.1, 0.15) is 52.8 Å². The van der Waals surface area contributed by atoms with Gasteiger partial charge >= 0.3 is 7.12 Å². The zero-order chi connectivity index (χ0) is 17.3. The molecule has 0 unspecified atom stereocenters. The van der Waals surface area contributed by atoms with Gasteiger partial charge in [-0.05, 0) is 65.0 Å². The van der Waals surface area contributed by atoms with Crippen LogP contribution in [0.25, 0.3) is 5.57 Å². The van der Waals surface area contributed by atoms with Crippen LogP contribution in [0, 0.1) is 0 Å². The molecule has 1 fully saturated rings. The van der Waals surface area contributed by atoms with Crippen molar-refractivity contribution in [2.75, 3.05) is 6.61 Å². The summed E-state index contributed by atoms with van der Waals surface area (Å²) >= 11 is 1.51. The Bertz CT molecular complexity index is 536. The van der Waals surface area contributed by atoms with Crippen LogP contribution in [-0.4, -0.2) is 31.0 Å². The van der Waals surface area contributed by atoms with Crippen molar-refractivity contribution in [3.8, 4) is 0 Å². The Hall–Kier alpha value is -0.685. The van der Waals surface area contributed by atoms with E-state index in [2.05, 4.69) is 0 Å². The summed E-state index contributed by atoms with van der Waals surface area (Å²) in [5, 5.41) is 1.94. The molecule has 23 heavy (non-hydrogen) atoms. The van der Waals surface area contributed by atoms with Gasteiger partial charge in [0.15, 0.2) is 0 Å². The quantitative estimate of drug-likeness (QED) is 0.691. The monoisotopic (exact) mass is 340 g/mol. The molecule has 0 saturated carbocycles. The van der Waals surface area contributed by atoms with Gasteiger partial charge in [-0.2, -0.15) is 0 Å². The normalized spacial score (nSPS) is 21.0. The van der Waals surface area contributed by atoms with E-state index in [4.69, 9.17) is 14.0 Å². The lowest BCUT2D eigenvalue weighted by molar-refractivity contribution is 0.00578. The van der Waals surface area contributed by atoms with E-state index in [0.717, 1.165) is 4.88 Å². The number of halogens is 1. The molecule has 1 aliphatic heterocycles. The summed E-state index contributed by atoms with van der Waals surface area (Å²) in [5.74, 6) is 0. The summed E-state index contributed by atoms with van der Waals surface area (Å²) in [6.45, 7) is 12.1. The maximum atomic E-state index is 15.1. The Morgan fingerprint density at radius 2 is 1.87 bits per heavy atom. The van der Waals surface area contributed by atoms with E-state index in [1.807, 2.05) is 59.1 Å². The highest BCUT2D eigenvalue weighted by Gasteiger charge is 2.53. The molecule has 0 amide bonds. The van der Waals surface area contributed by atoms with Gasteiger partial charge in [-0.1, -0.05) is 6.07 Å². The lowest BCUT2D eigenvalue weighted by Gasteiger charge is -2.32. The van der Waals surface area contributed by atoms with Crippen molar-refractivity contribution in [3.63, 3.8) is 0 Å². The van der Waals surface area contributed by atoms with Crippen LogP contribution in [0.3, 0.4) is 0 Å². The summed E-state index contributed by atoms with van der Waals surface area (Å²) < 4.78 is 32.4. The molecule has 0 bridgehead atoms. The molecule has 0 N–H and O–H groups in total. The average molecular weight is 340 g/mol. The smallest absolute Gasteiger partial charge is 0.398 e. The zero-order valence-corrected chi connectivity index (χ0v) is 15.6. The van der Waals surface area contributed by atoms with E-state index in [1.54, 1.807) is 0 Å². The van der Waals surface area contributed by atoms with E-state index in [0.29, 0.717) is 18.6 Å². The molecule has 0 atom stereocenters. The van der Waals surface area contributed by atoms with Gasteiger partial charge in [0.25, 0.3) is 0 Å². The van der Waals surface area contributed by atoms with E-state index in [9.17, 15) is 0 Å². The van der Waals surface area contributed by atoms with Crippen LogP contribution >= 0.6 is 11.3 Å². The number of thiophene rings is 1. The van der Waals surface area contributed by atoms with Crippen LogP contribution in [0.2, 0.25) is 0 Å². The van der Waals surface area contributed by atoms with Gasteiger partial charge in [-0.25, -0.2) is 4.39 Å². The van der Waals surface area contributed by atoms with Crippen LogP contribution in [-0.2, 0) is 14.0 Å².